The Labute approximate surface area is 110 Å². The van der Waals surface area contributed by atoms with Crippen LogP contribution in [0.3, 0.4) is 0 Å². The van der Waals surface area contributed by atoms with Crippen LogP contribution >= 0.6 is 0 Å². The first kappa shape index (κ1) is 13.6. The molecule has 0 aromatic heterocycles. The zero-order chi connectivity index (χ0) is 13.7. The highest BCUT2D eigenvalue weighted by molar-refractivity contribution is 5.21. The number of aliphatic hydroxyl groups excluding tert-OH is 1. The van der Waals surface area contributed by atoms with Gasteiger partial charge in [-0.2, -0.15) is 0 Å². The molecule has 19 heavy (non-hydrogen) atoms. The minimum Gasteiger partial charge on any atom is -0.394 e. The Balaban J connectivity index is 2.04. The third-order valence-corrected chi connectivity index (χ3v) is 2.86. The van der Waals surface area contributed by atoms with Crippen molar-refractivity contribution in [1.82, 2.24) is 5.32 Å². The Kier molecular flexibility index (Phi) is 4.60. The van der Waals surface area contributed by atoms with Crippen LogP contribution < -0.4 is 5.32 Å². The molecular weight excluding hydrogens is 248 g/mol. The van der Waals surface area contributed by atoms with Gasteiger partial charge < -0.3 is 10.4 Å². The third kappa shape index (κ3) is 3.84. The molecule has 1 atom stereocenters. The van der Waals surface area contributed by atoms with Crippen molar-refractivity contribution < 1.29 is 13.9 Å². The number of hydrogen-bond acceptors (Lipinski definition) is 2. The van der Waals surface area contributed by atoms with E-state index in [1.165, 1.54) is 12.1 Å². The van der Waals surface area contributed by atoms with Gasteiger partial charge in [-0.05, 0) is 23.3 Å². The first-order valence-corrected chi connectivity index (χ1v) is 6.03. The Morgan fingerprint density at radius 3 is 2.21 bits per heavy atom. The lowest BCUT2D eigenvalue weighted by Gasteiger charge is -2.16. The Morgan fingerprint density at radius 1 is 1.00 bits per heavy atom. The van der Waals surface area contributed by atoms with Crippen molar-refractivity contribution in [3.05, 3.63) is 71.3 Å². The van der Waals surface area contributed by atoms with Crippen LogP contribution in [-0.2, 0) is 6.54 Å². The maximum atomic E-state index is 13.0. The van der Waals surface area contributed by atoms with E-state index in [4.69, 9.17) is 0 Å². The van der Waals surface area contributed by atoms with Crippen molar-refractivity contribution in [1.29, 1.82) is 0 Å². The standard InChI is InChI=1S/C15H15F2NO/c16-13-6-11(7-14(17)8-13)9-18-15(10-19)12-4-2-1-3-5-12/h1-8,15,18-19H,9-10H2. The molecule has 2 N–H and O–H groups in total. The molecule has 0 aliphatic carbocycles. The quantitative estimate of drug-likeness (QED) is 0.869. The zero-order valence-corrected chi connectivity index (χ0v) is 10.3. The van der Waals surface area contributed by atoms with E-state index >= 15 is 0 Å². The van der Waals surface area contributed by atoms with E-state index in [0.717, 1.165) is 11.6 Å². The summed E-state index contributed by atoms with van der Waals surface area (Å²) < 4.78 is 26.1. The van der Waals surface area contributed by atoms with Gasteiger partial charge in [0.25, 0.3) is 0 Å². The third-order valence-electron chi connectivity index (χ3n) is 2.86. The van der Waals surface area contributed by atoms with E-state index in [2.05, 4.69) is 5.32 Å². The number of rotatable bonds is 5. The van der Waals surface area contributed by atoms with Crippen LogP contribution in [0.2, 0.25) is 0 Å². The average Bonchev–Trinajstić information content (AvgIpc) is 2.39. The van der Waals surface area contributed by atoms with Crippen LogP contribution in [0.5, 0.6) is 0 Å². The lowest BCUT2D eigenvalue weighted by atomic mass is 10.1. The summed E-state index contributed by atoms with van der Waals surface area (Å²) in [6, 6.07) is 12.5. The van der Waals surface area contributed by atoms with Crippen LogP contribution in [0.4, 0.5) is 8.78 Å². The molecule has 0 aliphatic heterocycles. The second-order valence-corrected chi connectivity index (χ2v) is 4.30. The molecular formula is C15H15F2NO. The zero-order valence-electron chi connectivity index (χ0n) is 10.3. The number of hydrogen-bond donors (Lipinski definition) is 2. The Morgan fingerprint density at radius 2 is 1.63 bits per heavy atom. The molecule has 0 spiro atoms. The lowest BCUT2D eigenvalue weighted by Crippen LogP contribution is -2.24. The maximum Gasteiger partial charge on any atom is 0.126 e. The molecule has 0 saturated carbocycles. The highest BCUT2D eigenvalue weighted by Crippen LogP contribution is 2.14. The van der Waals surface area contributed by atoms with Crippen LogP contribution in [0.15, 0.2) is 48.5 Å². The lowest BCUT2D eigenvalue weighted by molar-refractivity contribution is 0.243. The second kappa shape index (κ2) is 6.41. The second-order valence-electron chi connectivity index (χ2n) is 4.30. The summed E-state index contributed by atoms with van der Waals surface area (Å²) in [6.07, 6.45) is 0. The van der Waals surface area contributed by atoms with E-state index in [9.17, 15) is 13.9 Å². The predicted molar refractivity (Wildman–Crippen MR) is 69.5 cm³/mol. The van der Waals surface area contributed by atoms with E-state index < -0.39 is 11.6 Å². The molecule has 0 saturated heterocycles. The molecule has 2 aromatic carbocycles. The first-order chi connectivity index (χ1) is 9.19. The van der Waals surface area contributed by atoms with Crippen molar-refractivity contribution >= 4 is 0 Å². The van der Waals surface area contributed by atoms with Crippen molar-refractivity contribution in [2.24, 2.45) is 0 Å². The highest BCUT2D eigenvalue weighted by atomic mass is 19.1. The summed E-state index contributed by atoms with van der Waals surface area (Å²) in [6.45, 7) is 0.205. The topological polar surface area (TPSA) is 32.3 Å². The molecule has 0 aliphatic rings. The van der Waals surface area contributed by atoms with E-state index in [0.29, 0.717) is 5.56 Å². The smallest absolute Gasteiger partial charge is 0.126 e. The van der Waals surface area contributed by atoms with Crippen molar-refractivity contribution in [2.75, 3.05) is 6.61 Å². The molecule has 0 heterocycles. The predicted octanol–water partition coefficient (Wildman–Crippen LogP) is 2.79. The molecule has 0 amide bonds. The maximum absolute atomic E-state index is 13.0. The summed E-state index contributed by atoms with van der Waals surface area (Å²) in [7, 11) is 0. The summed E-state index contributed by atoms with van der Waals surface area (Å²) in [4.78, 5) is 0. The van der Waals surface area contributed by atoms with Gasteiger partial charge >= 0.3 is 0 Å². The molecule has 2 rings (SSSR count). The van der Waals surface area contributed by atoms with Gasteiger partial charge in [0.05, 0.1) is 12.6 Å². The van der Waals surface area contributed by atoms with Crippen LogP contribution in [-0.4, -0.2) is 11.7 Å². The van der Waals surface area contributed by atoms with Crippen LogP contribution in [0, 0.1) is 11.6 Å². The van der Waals surface area contributed by atoms with Gasteiger partial charge in [-0.1, -0.05) is 30.3 Å². The van der Waals surface area contributed by atoms with Gasteiger partial charge in [0.15, 0.2) is 0 Å². The van der Waals surface area contributed by atoms with Gasteiger partial charge in [-0.25, -0.2) is 8.78 Å². The normalized spacial score (nSPS) is 12.4. The fourth-order valence-corrected chi connectivity index (χ4v) is 1.93. The number of halogens is 2. The van der Waals surface area contributed by atoms with Gasteiger partial charge in [0.2, 0.25) is 0 Å². The average molecular weight is 263 g/mol. The van der Waals surface area contributed by atoms with Crippen LogP contribution in [0.25, 0.3) is 0 Å². The molecule has 0 bridgehead atoms. The van der Waals surface area contributed by atoms with Gasteiger partial charge in [-0.15, -0.1) is 0 Å². The fraction of sp³-hybridized carbons (Fsp3) is 0.200. The summed E-state index contributed by atoms with van der Waals surface area (Å²) >= 11 is 0. The van der Waals surface area contributed by atoms with Crippen molar-refractivity contribution in [2.45, 2.75) is 12.6 Å². The summed E-state index contributed by atoms with van der Waals surface area (Å²) in [5, 5.41) is 12.4. The summed E-state index contributed by atoms with van der Waals surface area (Å²) in [5.74, 6) is -1.20. The highest BCUT2D eigenvalue weighted by Gasteiger charge is 2.09. The van der Waals surface area contributed by atoms with E-state index in [1.54, 1.807) is 0 Å². The fourth-order valence-electron chi connectivity index (χ4n) is 1.93. The van der Waals surface area contributed by atoms with E-state index in [-0.39, 0.29) is 19.2 Å². The minimum absolute atomic E-state index is 0.0815. The largest absolute Gasteiger partial charge is 0.394 e. The Hall–Kier alpha value is -1.78. The van der Waals surface area contributed by atoms with Gasteiger partial charge in [-0.3, -0.25) is 0 Å². The van der Waals surface area contributed by atoms with E-state index in [1.807, 2.05) is 30.3 Å². The summed E-state index contributed by atoms with van der Waals surface area (Å²) in [5.41, 5.74) is 1.44. The monoisotopic (exact) mass is 263 g/mol. The Bertz CT molecular complexity index is 511. The minimum atomic E-state index is -0.600. The van der Waals surface area contributed by atoms with Gasteiger partial charge in [0.1, 0.15) is 11.6 Å². The molecule has 0 radical (unpaired) electrons. The SMILES string of the molecule is OCC(NCc1cc(F)cc(F)c1)c1ccccc1. The first-order valence-electron chi connectivity index (χ1n) is 6.03. The molecule has 2 aromatic rings. The number of aliphatic hydroxyl groups is 1. The van der Waals surface area contributed by atoms with Gasteiger partial charge in [0, 0.05) is 12.6 Å². The molecule has 4 heteroatoms. The molecule has 100 valence electrons. The van der Waals surface area contributed by atoms with Crippen molar-refractivity contribution in [3.8, 4) is 0 Å². The molecule has 2 nitrogen and oxygen atoms in total. The molecule has 1 unspecified atom stereocenters. The van der Waals surface area contributed by atoms with Crippen LogP contribution in [0.1, 0.15) is 17.2 Å². The number of benzene rings is 2. The number of nitrogens with one attached hydrogen (secondary N) is 1. The molecule has 0 fully saturated rings. The van der Waals surface area contributed by atoms with Crippen molar-refractivity contribution in [3.63, 3.8) is 0 Å².